The van der Waals surface area contributed by atoms with Crippen molar-refractivity contribution in [2.75, 3.05) is 11.4 Å². The fourth-order valence-corrected chi connectivity index (χ4v) is 1.94. The Bertz CT molecular complexity index is 478. The molecule has 0 radical (unpaired) electrons. The molecule has 2 N–H and O–H groups in total. The third-order valence-electron chi connectivity index (χ3n) is 2.83. The maximum Gasteiger partial charge on any atom is 0.322 e. The smallest absolute Gasteiger partial charge is 0.322 e. The van der Waals surface area contributed by atoms with Crippen molar-refractivity contribution in [3.05, 3.63) is 30.1 Å². The minimum absolute atomic E-state index is 0.0178. The zero-order valence-corrected chi connectivity index (χ0v) is 9.60. The van der Waals surface area contributed by atoms with Crippen LogP contribution in [0.1, 0.15) is 12.8 Å². The molecule has 1 atom stereocenters. The number of hydrogen-bond acceptors (Lipinski definition) is 2. The van der Waals surface area contributed by atoms with Gasteiger partial charge in [-0.1, -0.05) is 12.1 Å². The van der Waals surface area contributed by atoms with Crippen LogP contribution in [-0.2, 0) is 4.79 Å². The molecule has 6 heteroatoms. The number of hydrogen-bond donors (Lipinski definition) is 2. The Morgan fingerprint density at radius 2 is 2.22 bits per heavy atom. The van der Waals surface area contributed by atoms with Gasteiger partial charge in [0.1, 0.15) is 5.82 Å². The van der Waals surface area contributed by atoms with E-state index in [1.54, 1.807) is 12.1 Å². The molecule has 1 fully saturated rings. The molecule has 1 aromatic carbocycles. The molecule has 1 saturated heterocycles. The topological polar surface area (TPSA) is 69.6 Å². The van der Waals surface area contributed by atoms with Crippen LogP contribution in [0.5, 0.6) is 0 Å². The average molecular weight is 252 g/mol. The maximum atomic E-state index is 13.5. The van der Waals surface area contributed by atoms with Crippen LogP contribution in [0.4, 0.5) is 14.9 Å². The molecule has 1 aromatic rings. The second-order valence-corrected chi connectivity index (χ2v) is 4.14. The molecular weight excluding hydrogens is 239 g/mol. The van der Waals surface area contributed by atoms with Gasteiger partial charge in [0.25, 0.3) is 0 Å². The molecule has 5 nitrogen and oxygen atoms in total. The van der Waals surface area contributed by atoms with Gasteiger partial charge in [-0.25, -0.2) is 9.18 Å². The predicted octanol–water partition coefficient (Wildman–Crippen LogP) is 1.59. The Balaban J connectivity index is 2.06. The Morgan fingerprint density at radius 1 is 1.50 bits per heavy atom. The second-order valence-electron chi connectivity index (χ2n) is 4.14. The fourth-order valence-electron chi connectivity index (χ4n) is 1.94. The van der Waals surface area contributed by atoms with Crippen molar-refractivity contribution in [2.24, 2.45) is 0 Å². The summed E-state index contributed by atoms with van der Waals surface area (Å²) in [6.07, 6.45) is 0.322. The highest BCUT2D eigenvalue weighted by Gasteiger charge is 2.31. The summed E-state index contributed by atoms with van der Waals surface area (Å²) in [6, 6.07) is 5.36. The number of carbonyl (C=O) groups excluding carboxylic acids is 1. The number of amides is 2. The van der Waals surface area contributed by atoms with Crippen molar-refractivity contribution in [3.63, 3.8) is 0 Å². The number of rotatable bonds is 4. The van der Waals surface area contributed by atoms with Gasteiger partial charge >= 0.3 is 12.0 Å². The first-order valence-electron chi connectivity index (χ1n) is 5.62. The predicted molar refractivity (Wildman–Crippen MR) is 62.9 cm³/mol. The van der Waals surface area contributed by atoms with Crippen molar-refractivity contribution >= 4 is 17.7 Å². The van der Waals surface area contributed by atoms with E-state index in [-0.39, 0.29) is 24.7 Å². The van der Waals surface area contributed by atoms with E-state index in [9.17, 15) is 14.0 Å². The van der Waals surface area contributed by atoms with Gasteiger partial charge in [-0.2, -0.15) is 0 Å². The summed E-state index contributed by atoms with van der Waals surface area (Å²) >= 11 is 0. The largest absolute Gasteiger partial charge is 0.481 e. The summed E-state index contributed by atoms with van der Waals surface area (Å²) in [7, 11) is 0. The van der Waals surface area contributed by atoms with E-state index >= 15 is 0 Å². The van der Waals surface area contributed by atoms with E-state index in [1.807, 2.05) is 0 Å². The van der Waals surface area contributed by atoms with Gasteiger partial charge in [-0.3, -0.25) is 9.69 Å². The van der Waals surface area contributed by atoms with Crippen molar-refractivity contribution in [1.82, 2.24) is 5.32 Å². The van der Waals surface area contributed by atoms with Crippen molar-refractivity contribution in [1.29, 1.82) is 0 Å². The van der Waals surface area contributed by atoms with E-state index in [0.29, 0.717) is 6.42 Å². The number of halogens is 1. The third-order valence-corrected chi connectivity index (χ3v) is 2.83. The van der Waals surface area contributed by atoms with Crippen molar-refractivity contribution in [2.45, 2.75) is 18.9 Å². The number of carboxylic acids is 1. The van der Waals surface area contributed by atoms with Gasteiger partial charge in [-0.05, 0) is 18.6 Å². The SMILES string of the molecule is O=C(O)CCC1CN(c2ccccc2F)C(=O)N1. The first kappa shape index (κ1) is 12.3. The maximum absolute atomic E-state index is 13.5. The number of anilines is 1. The van der Waals surface area contributed by atoms with Crippen LogP contribution in [0.25, 0.3) is 0 Å². The number of nitrogens with one attached hydrogen (secondary N) is 1. The molecule has 2 rings (SSSR count). The highest BCUT2D eigenvalue weighted by Crippen LogP contribution is 2.22. The van der Waals surface area contributed by atoms with Crippen LogP contribution in [0.2, 0.25) is 0 Å². The number of aliphatic carboxylic acids is 1. The molecule has 1 aliphatic heterocycles. The zero-order valence-electron chi connectivity index (χ0n) is 9.60. The molecule has 0 aliphatic carbocycles. The summed E-state index contributed by atoms with van der Waals surface area (Å²) < 4.78 is 13.5. The Morgan fingerprint density at radius 3 is 2.89 bits per heavy atom. The molecule has 0 aromatic heterocycles. The molecule has 0 saturated carbocycles. The van der Waals surface area contributed by atoms with Crippen LogP contribution in [0, 0.1) is 5.82 Å². The van der Waals surface area contributed by atoms with Gasteiger partial charge in [0.05, 0.1) is 5.69 Å². The lowest BCUT2D eigenvalue weighted by Crippen LogP contribution is -2.29. The number of para-hydroxylation sites is 1. The molecule has 1 heterocycles. The van der Waals surface area contributed by atoms with Crippen LogP contribution in [0.3, 0.4) is 0 Å². The molecule has 0 spiro atoms. The van der Waals surface area contributed by atoms with E-state index < -0.39 is 17.8 Å². The van der Waals surface area contributed by atoms with Crippen molar-refractivity contribution < 1.29 is 19.1 Å². The lowest BCUT2D eigenvalue weighted by atomic mass is 10.1. The molecule has 2 amide bonds. The zero-order chi connectivity index (χ0) is 13.1. The van der Waals surface area contributed by atoms with Crippen LogP contribution >= 0.6 is 0 Å². The number of benzene rings is 1. The minimum Gasteiger partial charge on any atom is -0.481 e. The first-order valence-corrected chi connectivity index (χ1v) is 5.62. The number of urea groups is 1. The third kappa shape index (κ3) is 2.58. The number of nitrogens with zero attached hydrogens (tertiary/aromatic N) is 1. The van der Waals surface area contributed by atoms with Gasteiger partial charge in [0, 0.05) is 19.0 Å². The molecule has 18 heavy (non-hydrogen) atoms. The molecule has 0 bridgehead atoms. The van der Waals surface area contributed by atoms with E-state index in [4.69, 9.17) is 5.11 Å². The fraction of sp³-hybridized carbons (Fsp3) is 0.333. The Labute approximate surface area is 103 Å². The van der Waals surface area contributed by atoms with Gasteiger partial charge in [0.15, 0.2) is 0 Å². The van der Waals surface area contributed by atoms with E-state index in [1.165, 1.54) is 17.0 Å². The second kappa shape index (κ2) is 5.03. The van der Waals surface area contributed by atoms with Gasteiger partial charge < -0.3 is 10.4 Å². The first-order chi connectivity index (χ1) is 8.58. The highest BCUT2D eigenvalue weighted by molar-refractivity contribution is 5.94. The molecule has 1 unspecified atom stereocenters. The number of carboxylic acid groups (broad SMARTS) is 1. The van der Waals surface area contributed by atoms with E-state index in [0.717, 1.165) is 0 Å². The molecule has 96 valence electrons. The normalized spacial score (nSPS) is 18.8. The van der Waals surface area contributed by atoms with Gasteiger partial charge in [-0.15, -0.1) is 0 Å². The molecule has 1 aliphatic rings. The summed E-state index contributed by atoms with van der Waals surface area (Å²) in [6.45, 7) is 0.285. The summed E-state index contributed by atoms with van der Waals surface area (Å²) in [5.41, 5.74) is 0.216. The summed E-state index contributed by atoms with van der Waals surface area (Å²) in [5, 5.41) is 11.2. The summed E-state index contributed by atoms with van der Waals surface area (Å²) in [4.78, 5) is 23.4. The standard InChI is InChI=1S/C12H13FN2O3/c13-9-3-1-2-4-10(9)15-7-8(14-12(15)18)5-6-11(16)17/h1-4,8H,5-7H2,(H,14,18)(H,16,17). The lowest BCUT2D eigenvalue weighted by Gasteiger charge is -2.15. The number of carbonyl (C=O) groups is 2. The van der Waals surface area contributed by atoms with Crippen LogP contribution in [-0.4, -0.2) is 29.7 Å². The summed E-state index contributed by atoms with van der Waals surface area (Å²) in [5.74, 6) is -1.37. The van der Waals surface area contributed by atoms with E-state index in [2.05, 4.69) is 5.32 Å². The highest BCUT2D eigenvalue weighted by atomic mass is 19.1. The Hall–Kier alpha value is -2.11. The quantitative estimate of drug-likeness (QED) is 0.854. The minimum atomic E-state index is -0.909. The lowest BCUT2D eigenvalue weighted by molar-refractivity contribution is -0.137. The average Bonchev–Trinajstić information content (AvgIpc) is 2.69. The van der Waals surface area contributed by atoms with Crippen LogP contribution in [0.15, 0.2) is 24.3 Å². The van der Waals surface area contributed by atoms with Gasteiger partial charge in [0.2, 0.25) is 0 Å². The Kier molecular flexibility index (Phi) is 3.45. The molecular formula is C12H13FN2O3. The monoisotopic (exact) mass is 252 g/mol. The van der Waals surface area contributed by atoms with Crippen molar-refractivity contribution in [3.8, 4) is 0 Å². The van der Waals surface area contributed by atoms with Crippen LogP contribution < -0.4 is 10.2 Å².